The Morgan fingerprint density at radius 1 is 0.521 bits per heavy atom. The summed E-state index contributed by atoms with van der Waals surface area (Å²) in [5.41, 5.74) is -9.11. The normalized spacial score (nSPS) is 31.6. The number of phosphoric acid groups is 6. The van der Waals surface area contributed by atoms with Gasteiger partial charge in [0.05, 0.1) is 19.8 Å². The maximum absolute atomic E-state index is 12.0. The number of terminal acetylenes is 3. The Hall–Kier alpha value is -3.01. The second-order valence-corrected chi connectivity index (χ2v) is 35.2. The fraction of sp³-hybridized carbons (Fsp3) is 0.444. The van der Waals surface area contributed by atoms with Gasteiger partial charge in [0.15, 0.2) is 35.5 Å². The summed E-state index contributed by atoms with van der Waals surface area (Å²) in [5, 5.41) is 67.7. The highest BCUT2D eigenvalue weighted by molar-refractivity contribution is 8.09. The topological polar surface area (TPSA) is 697 Å². The van der Waals surface area contributed by atoms with Crippen molar-refractivity contribution in [3.8, 4) is 37.0 Å². The van der Waals surface area contributed by atoms with Crippen molar-refractivity contribution in [3.05, 3.63) is 82.5 Å². The van der Waals surface area contributed by atoms with Gasteiger partial charge in [-0.25, -0.2) is 45.1 Å². The first-order valence-corrected chi connectivity index (χ1v) is 40.0. The molecule has 94 heavy (non-hydrogen) atoms. The lowest BCUT2D eigenvalue weighted by molar-refractivity contribution is -0.120. The Balaban J connectivity index is 0.000000366. The van der Waals surface area contributed by atoms with Gasteiger partial charge >= 0.3 is 72.8 Å². The van der Waals surface area contributed by atoms with Crippen LogP contribution >= 0.6 is 67.1 Å². The molecule has 5 aliphatic rings. The molecule has 530 valence electrons. The standard InChI is InChI=1S/2C12H17N2O13P3S.C11H15N2O14P3S.CH4/c2*1-3-12(17)10(16)8(25-11(12)14-5-4-9(15)13-7(14)2)6-24-30(23,31)27-29(21,22)26-28(18,19)20;1-2-11(17)8(15)6(25-9(11)13-4-3-7(14)12-10(13)16)5-24-30(23,31)27-29(21,22)26-28(18,19)20;/h2*1,4-5,8,10-11,16-17H,2,6H2,(H,13,15)(H,21,22)(H,23,31)(H2,18,19,20);1,3-4,6,8-9,15,17H,5H2,(H,21,22)(H,23,31)(H,12,14,16)(H2,18,19,20);1H4/t2*8-,10-,11-,12-,30?;6-,8-,9-,11-,30?;/m111./s1. The van der Waals surface area contributed by atoms with Crippen molar-refractivity contribution in [3.63, 3.8) is 0 Å². The van der Waals surface area contributed by atoms with Gasteiger partial charge in [-0.2, -0.15) is 12.9 Å². The molecular weight excluding hydrogens is 1530 g/mol. The quantitative estimate of drug-likeness (QED) is 0.0340. The second-order valence-electron chi connectivity index (χ2n) is 17.8. The molecule has 1 aromatic heterocycles. The first-order chi connectivity index (χ1) is 42.0. The number of nitrogens with zero attached hydrogens (tertiary/aromatic N) is 3. The largest absolute Gasteiger partial charge is 0.488 e. The number of H-pyrrole nitrogens is 1. The number of aliphatic hydroxyl groups excluding tert-OH is 3. The van der Waals surface area contributed by atoms with Crippen LogP contribution in [0.15, 0.2) is 71.2 Å². The van der Waals surface area contributed by atoms with Crippen LogP contribution < -0.4 is 21.9 Å². The molecule has 0 saturated carbocycles. The van der Waals surface area contributed by atoms with Crippen molar-refractivity contribution in [2.24, 2.45) is 0 Å². The van der Waals surface area contributed by atoms with Crippen molar-refractivity contribution in [1.29, 1.82) is 0 Å². The van der Waals surface area contributed by atoms with Crippen LogP contribution in [0.5, 0.6) is 0 Å². The molecule has 1 aromatic rings. The molecule has 0 radical (unpaired) electrons. The van der Waals surface area contributed by atoms with E-state index < -0.39 is 182 Å². The van der Waals surface area contributed by atoms with E-state index in [1.165, 1.54) is 12.4 Å². The van der Waals surface area contributed by atoms with Gasteiger partial charge in [0.2, 0.25) is 0 Å². The lowest BCUT2D eigenvalue weighted by Gasteiger charge is -2.36. The van der Waals surface area contributed by atoms with Crippen molar-refractivity contribution in [2.75, 3.05) is 19.8 Å². The van der Waals surface area contributed by atoms with Gasteiger partial charge < -0.3 is 138 Å². The summed E-state index contributed by atoms with van der Waals surface area (Å²) >= 11 is 13.3. The van der Waals surface area contributed by atoms with Gasteiger partial charge in [0, 0.05) is 36.8 Å². The van der Waals surface area contributed by atoms with E-state index in [0.29, 0.717) is 4.57 Å². The number of aromatic nitrogens is 2. The van der Waals surface area contributed by atoms with Crippen molar-refractivity contribution < 1.29 is 180 Å². The van der Waals surface area contributed by atoms with Crippen molar-refractivity contribution in [1.82, 2.24) is 30.0 Å². The molecule has 0 aromatic carbocycles. The van der Waals surface area contributed by atoms with Crippen LogP contribution in [-0.2, 0) is 126 Å². The van der Waals surface area contributed by atoms with Crippen LogP contribution in [-0.4, -0.2) is 206 Å². The Morgan fingerprint density at radius 2 is 0.798 bits per heavy atom. The maximum Gasteiger partial charge on any atom is 0.488 e. The molecule has 58 heteroatoms. The van der Waals surface area contributed by atoms with E-state index in [1.807, 2.05) is 22.7 Å². The van der Waals surface area contributed by atoms with Crippen molar-refractivity contribution in [2.45, 2.75) is 79.5 Å². The zero-order valence-electron chi connectivity index (χ0n) is 45.1. The molecule has 0 aliphatic carbocycles. The first kappa shape index (κ1) is 85.2. The van der Waals surface area contributed by atoms with Crippen LogP contribution in [0.2, 0.25) is 0 Å². The van der Waals surface area contributed by atoms with Gasteiger partial charge in [-0.3, -0.25) is 23.9 Å². The smallest absolute Gasteiger partial charge is 0.386 e. The van der Waals surface area contributed by atoms with Gasteiger partial charge in [-0.05, 0) is 35.4 Å². The summed E-state index contributed by atoms with van der Waals surface area (Å²) in [4.78, 5) is 158. The van der Waals surface area contributed by atoms with Gasteiger partial charge in [0.25, 0.3) is 17.4 Å². The molecule has 46 nitrogen and oxygen atoms in total. The predicted molar refractivity (Wildman–Crippen MR) is 315 cm³/mol. The fourth-order valence-corrected chi connectivity index (χ4v) is 19.4. The highest BCUT2D eigenvalue weighted by Gasteiger charge is 2.60. The van der Waals surface area contributed by atoms with Crippen LogP contribution in [0.1, 0.15) is 13.7 Å². The van der Waals surface area contributed by atoms with E-state index in [9.17, 15) is 107 Å². The summed E-state index contributed by atoms with van der Waals surface area (Å²) in [6, 6.07) is 0.902. The molecule has 5 aliphatic heterocycles. The minimum atomic E-state index is -5.57. The number of carbonyl (C=O) groups is 2. The van der Waals surface area contributed by atoms with Gasteiger partial charge in [0.1, 0.15) is 48.3 Å². The highest BCUT2D eigenvalue weighted by Crippen LogP contribution is 2.69. The summed E-state index contributed by atoms with van der Waals surface area (Å²) in [6.07, 6.45) is 6.24. The molecule has 6 heterocycles. The van der Waals surface area contributed by atoms with E-state index >= 15 is 0 Å². The third-order valence-electron chi connectivity index (χ3n) is 11.1. The van der Waals surface area contributed by atoms with Gasteiger partial charge in [-0.1, -0.05) is 38.3 Å². The Bertz CT molecular complexity index is 3700. The van der Waals surface area contributed by atoms with Crippen LogP contribution in [0.25, 0.3) is 0 Å². The summed E-state index contributed by atoms with van der Waals surface area (Å²) in [5.74, 6) is 4.61. The van der Waals surface area contributed by atoms with E-state index in [4.69, 9.17) is 71.9 Å². The SMILES string of the molecule is C.C#C[C@@]1(O)[C@H](O)[C@@H](COP(O)(=S)OP(=O)(O)OP(=O)(O)O)O[C@H]1N1C=CC(=O)NC1=C.C#C[C@@]1(O)[C@H](O)[C@@H](COP(O)(=S)OP(=O)(O)OP(=O)(O)O)O[C@H]1N1C=CC(=O)NC1=C.C#C[C@@]1(O)[C@H](O)[C@@H](COP(O)(=S)OP(=O)(O)OP(=O)(O)O)O[C@H]1n1ccc(=O)[nH]c1=O. The molecular formula is C36H53N6O40P9S3. The number of aromatic amines is 1. The summed E-state index contributed by atoms with van der Waals surface area (Å²) < 4.78 is 120. The van der Waals surface area contributed by atoms with Crippen LogP contribution in [0, 0.1) is 37.0 Å². The maximum atomic E-state index is 12.0. The molecule has 0 spiro atoms. The summed E-state index contributed by atoms with van der Waals surface area (Å²) in [7, 11) is -33.1. The van der Waals surface area contributed by atoms with Crippen LogP contribution in [0.4, 0.5) is 0 Å². The molecule has 3 saturated heterocycles. The molecule has 18 atom stereocenters. The number of rotatable bonds is 24. The van der Waals surface area contributed by atoms with Crippen LogP contribution in [0.3, 0.4) is 0 Å². The lowest BCUT2D eigenvalue weighted by Crippen LogP contribution is -2.54. The van der Waals surface area contributed by atoms with Crippen molar-refractivity contribution >= 4 is 114 Å². The van der Waals surface area contributed by atoms with E-state index in [-0.39, 0.29) is 19.1 Å². The lowest BCUT2D eigenvalue weighted by atomic mass is 9.94. The average molecular weight is 1580 g/mol. The zero-order chi connectivity index (χ0) is 71.5. The molecule has 21 N–H and O–H groups in total. The summed E-state index contributed by atoms with van der Waals surface area (Å²) in [6.45, 7) is -9.62. The zero-order valence-corrected chi connectivity index (χ0v) is 55.5. The Morgan fingerprint density at radius 3 is 1.05 bits per heavy atom. The average Bonchev–Trinajstić information content (AvgIpc) is 1.61. The van der Waals surface area contributed by atoms with E-state index in [0.717, 1.165) is 34.2 Å². The van der Waals surface area contributed by atoms with E-state index in [2.05, 4.69) is 89.6 Å². The molecule has 0 bridgehead atoms. The number of aliphatic hydroxyl groups is 6. The Labute approximate surface area is 540 Å². The minimum Gasteiger partial charge on any atom is -0.386 e. The molecule has 6 rings (SSSR count). The number of amides is 2. The number of hydrogen-bond acceptors (Lipinski definition) is 33. The molecule has 6 unspecified atom stereocenters. The first-order valence-electron chi connectivity index (χ1n) is 23.2. The van der Waals surface area contributed by atoms with Gasteiger partial charge in [-0.15, -0.1) is 19.3 Å². The monoisotopic (exact) mass is 1580 g/mol. The number of nitrogens with one attached hydrogen (secondary N) is 3. The molecule has 2 amide bonds. The second kappa shape index (κ2) is 31.7. The minimum absolute atomic E-state index is 0. The third-order valence-corrected chi connectivity index (χ3v) is 25.3. The molecule has 3 fully saturated rings. The Kier molecular flexibility index (Phi) is 28.7. The number of ether oxygens (including phenoxy) is 3. The highest BCUT2D eigenvalue weighted by atomic mass is 32.5. The predicted octanol–water partition coefficient (Wildman–Crippen LogP) is -5.12. The fourth-order valence-electron chi connectivity index (χ4n) is 7.45. The third kappa shape index (κ3) is 23.6. The van der Waals surface area contributed by atoms with E-state index in [1.54, 1.807) is 0 Å². The number of hydrogen-bond donors (Lipinski definition) is 21. The number of carbonyl (C=O) groups excluding carboxylic acids is 2.